The van der Waals surface area contributed by atoms with Crippen LogP contribution in [0.1, 0.15) is 52.0 Å². The van der Waals surface area contributed by atoms with Crippen LogP contribution in [-0.4, -0.2) is 17.7 Å². The van der Waals surface area contributed by atoms with Crippen LogP contribution in [0.5, 0.6) is 0 Å². The standard InChI is InChI=1S/C18H29NOS/c1-5-7-8-16(6-2)13-19-18(20)15(4)21-17-11-9-14(3)10-12-17/h9-12,15-16H,5-8,13H2,1-4H3,(H,19,20)/t15-,16+/m0/s1. The minimum Gasteiger partial charge on any atom is -0.355 e. The van der Waals surface area contributed by atoms with Crippen molar-refractivity contribution in [2.24, 2.45) is 5.92 Å². The van der Waals surface area contributed by atoms with E-state index in [9.17, 15) is 4.79 Å². The highest BCUT2D eigenvalue weighted by atomic mass is 32.2. The van der Waals surface area contributed by atoms with Crippen molar-refractivity contribution in [2.75, 3.05) is 6.54 Å². The zero-order chi connectivity index (χ0) is 15.7. The van der Waals surface area contributed by atoms with Crippen molar-refractivity contribution in [1.29, 1.82) is 0 Å². The van der Waals surface area contributed by atoms with Crippen LogP contribution >= 0.6 is 11.8 Å². The Labute approximate surface area is 134 Å². The Morgan fingerprint density at radius 2 is 1.90 bits per heavy atom. The molecular weight excluding hydrogens is 278 g/mol. The van der Waals surface area contributed by atoms with E-state index in [0.29, 0.717) is 5.92 Å². The van der Waals surface area contributed by atoms with E-state index in [-0.39, 0.29) is 11.2 Å². The quantitative estimate of drug-likeness (QED) is 0.663. The van der Waals surface area contributed by atoms with Crippen LogP contribution in [0.25, 0.3) is 0 Å². The fraction of sp³-hybridized carbons (Fsp3) is 0.611. The molecule has 0 bridgehead atoms. The summed E-state index contributed by atoms with van der Waals surface area (Å²) in [6, 6.07) is 8.34. The molecule has 1 rings (SSSR count). The van der Waals surface area contributed by atoms with Gasteiger partial charge in [-0.1, -0.05) is 50.8 Å². The third-order valence-electron chi connectivity index (χ3n) is 3.81. The summed E-state index contributed by atoms with van der Waals surface area (Å²) in [6.07, 6.45) is 4.83. The second kappa shape index (κ2) is 9.88. The van der Waals surface area contributed by atoms with Crippen LogP contribution < -0.4 is 5.32 Å². The summed E-state index contributed by atoms with van der Waals surface area (Å²) in [5.41, 5.74) is 1.25. The molecule has 3 heteroatoms. The summed E-state index contributed by atoms with van der Waals surface area (Å²) in [7, 11) is 0. The fourth-order valence-electron chi connectivity index (χ4n) is 2.21. The van der Waals surface area contributed by atoms with Crippen molar-refractivity contribution in [3.8, 4) is 0 Å². The van der Waals surface area contributed by atoms with Crippen LogP contribution in [0.15, 0.2) is 29.2 Å². The van der Waals surface area contributed by atoms with Gasteiger partial charge in [0.25, 0.3) is 0 Å². The fourth-order valence-corrected chi connectivity index (χ4v) is 3.10. The van der Waals surface area contributed by atoms with Crippen molar-refractivity contribution in [3.05, 3.63) is 29.8 Å². The Hall–Kier alpha value is -0.960. The minimum atomic E-state index is -0.0450. The Bertz CT molecular complexity index is 416. The molecule has 0 unspecified atom stereocenters. The first-order chi connectivity index (χ1) is 10.1. The van der Waals surface area contributed by atoms with E-state index in [1.807, 2.05) is 6.92 Å². The van der Waals surface area contributed by atoms with Gasteiger partial charge in [-0.25, -0.2) is 0 Å². The van der Waals surface area contributed by atoms with E-state index in [4.69, 9.17) is 0 Å². The normalized spacial score (nSPS) is 13.7. The van der Waals surface area contributed by atoms with Gasteiger partial charge in [0.15, 0.2) is 0 Å². The predicted molar refractivity (Wildman–Crippen MR) is 92.8 cm³/mol. The topological polar surface area (TPSA) is 29.1 Å². The molecule has 2 atom stereocenters. The number of hydrogen-bond donors (Lipinski definition) is 1. The lowest BCUT2D eigenvalue weighted by molar-refractivity contribution is -0.120. The summed E-state index contributed by atoms with van der Waals surface area (Å²) in [5.74, 6) is 0.765. The van der Waals surface area contributed by atoms with Gasteiger partial charge in [-0.05, 0) is 38.3 Å². The van der Waals surface area contributed by atoms with Gasteiger partial charge in [-0.2, -0.15) is 0 Å². The van der Waals surface area contributed by atoms with Crippen molar-refractivity contribution >= 4 is 17.7 Å². The molecule has 1 aromatic rings. The van der Waals surface area contributed by atoms with E-state index in [1.165, 1.54) is 24.8 Å². The number of aryl methyl sites for hydroxylation is 1. The van der Waals surface area contributed by atoms with Gasteiger partial charge in [0, 0.05) is 11.4 Å². The van der Waals surface area contributed by atoms with Crippen LogP contribution in [0, 0.1) is 12.8 Å². The highest BCUT2D eigenvalue weighted by Gasteiger charge is 2.15. The zero-order valence-electron chi connectivity index (χ0n) is 13.8. The number of hydrogen-bond acceptors (Lipinski definition) is 2. The number of unbranched alkanes of at least 4 members (excludes halogenated alkanes) is 1. The Morgan fingerprint density at radius 3 is 2.48 bits per heavy atom. The molecule has 0 saturated carbocycles. The van der Waals surface area contributed by atoms with Gasteiger partial charge < -0.3 is 5.32 Å². The van der Waals surface area contributed by atoms with Crippen molar-refractivity contribution in [1.82, 2.24) is 5.32 Å². The largest absolute Gasteiger partial charge is 0.355 e. The van der Waals surface area contributed by atoms with Gasteiger partial charge in [-0.3, -0.25) is 4.79 Å². The molecule has 0 fully saturated rings. The zero-order valence-corrected chi connectivity index (χ0v) is 14.6. The molecule has 1 amide bonds. The van der Waals surface area contributed by atoms with E-state index < -0.39 is 0 Å². The number of nitrogens with one attached hydrogen (secondary N) is 1. The molecule has 0 aliphatic carbocycles. The second-order valence-corrected chi connectivity index (χ2v) is 7.15. The number of thioether (sulfide) groups is 1. The van der Waals surface area contributed by atoms with E-state index in [0.717, 1.165) is 17.9 Å². The summed E-state index contributed by atoms with van der Waals surface area (Å²) in [5, 5.41) is 3.07. The molecule has 2 nitrogen and oxygen atoms in total. The first-order valence-electron chi connectivity index (χ1n) is 8.07. The maximum atomic E-state index is 12.2. The second-order valence-electron chi connectivity index (χ2n) is 5.73. The third-order valence-corrected chi connectivity index (χ3v) is 4.92. The van der Waals surface area contributed by atoms with E-state index in [2.05, 4.69) is 50.4 Å². The minimum absolute atomic E-state index is 0.0450. The Balaban J connectivity index is 2.38. The highest BCUT2D eigenvalue weighted by Crippen LogP contribution is 2.23. The molecule has 21 heavy (non-hydrogen) atoms. The predicted octanol–water partition coefficient (Wildman–Crippen LogP) is 4.81. The maximum Gasteiger partial charge on any atom is 0.233 e. The average molecular weight is 308 g/mol. The SMILES string of the molecule is CCCC[C@@H](CC)CNC(=O)[C@H](C)Sc1ccc(C)cc1. The lowest BCUT2D eigenvalue weighted by Gasteiger charge is -2.17. The van der Waals surface area contributed by atoms with E-state index in [1.54, 1.807) is 11.8 Å². The molecule has 0 aliphatic rings. The molecule has 1 aromatic carbocycles. The van der Waals surface area contributed by atoms with Crippen LogP contribution in [0.2, 0.25) is 0 Å². The van der Waals surface area contributed by atoms with Gasteiger partial charge in [-0.15, -0.1) is 11.8 Å². The Morgan fingerprint density at radius 1 is 1.24 bits per heavy atom. The smallest absolute Gasteiger partial charge is 0.233 e. The van der Waals surface area contributed by atoms with E-state index >= 15 is 0 Å². The number of benzene rings is 1. The molecule has 0 saturated heterocycles. The first kappa shape index (κ1) is 18.1. The van der Waals surface area contributed by atoms with Crippen molar-refractivity contribution < 1.29 is 4.79 Å². The lowest BCUT2D eigenvalue weighted by Crippen LogP contribution is -2.34. The first-order valence-corrected chi connectivity index (χ1v) is 8.95. The molecule has 118 valence electrons. The summed E-state index contributed by atoms with van der Waals surface area (Å²) < 4.78 is 0. The average Bonchev–Trinajstić information content (AvgIpc) is 2.49. The van der Waals surface area contributed by atoms with Crippen LogP contribution in [0.3, 0.4) is 0 Å². The van der Waals surface area contributed by atoms with Crippen molar-refractivity contribution in [2.45, 2.75) is 63.5 Å². The highest BCUT2D eigenvalue weighted by molar-refractivity contribution is 8.00. The van der Waals surface area contributed by atoms with Gasteiger partial charge in [0.1, 0.15) is 0 Å². The number of amides is 1. The molecular formula is C18H29NOS. The van der Waals surface area contributed by atoms with Crippen LogP contribution in [-0.2, 0) is 4.79 Å². The molecule has 0 aromatic heterocycles. The number of rotatable bonds is 9. The molecule has 0 radical (unpaired) electrons. The molecule has 0 spiro atoms. The van der Waals surface area contributed by atoms with Gasteiger partial charge in [0.05, 0.1) is 5.25 Å². The van der Waals surface area contributed by atoms with Crippen LogP contribution in [0.4, 0.5) is 0 Å². The molecule has 1 N–H and O–H groups in total. The summed E-state index contributed by atoms with van der Waals surface area (Å²) in [4.78, 5) is 13.3. The maximum absolute atomic E-state index is 12.2. The summed E-state index contributed by atoms with van der Waals surface area (Å²) >= 11 is 1.63. The number of carbonyl (C=O) groups excluding carboxylic acids is 1. The number of carbonyl (C=O) groups is 1. The molecule has 0 heterocycles. The van der Waals surface area contributed by atoms with Gasteiger partial charge >= 0.3 is 0 Å². The third kappa shape index (κ3) is 7.03. The summed E-state index contributed by atoms with van der Waals surface area (Å²) in [6.45, 7) is 9.29. The van der Waals surface area contributed by atoms with Gasteiger partial charge in [0.2, 0.25) is 5.91 Å². The molecule has 0 aliphatic heterocycles. The Kier molecular flexibility index (Phi) is 8.51. The van der Waals surface area contributed by atoms with Crippen molar-refractivity contribution in [3.63, 3.8) is 0 Å². The monoisotopic (exact) mass is 307 g/mol. The lowest BCUT2D eigenvalue weighted by atomic mass is 9.99.